The molecule has 0 aliphatic heterocycles. The molecule has 1 fully saturated rings. The highest BCUT2D eigenvalue weighted by Gasteiger charge is 2.35. The van der Waals surface area contributed by atoms with Gasteiger partial charge in [0.2, 0.25) is 5.91 Å². The van der Waals surface area contributed by atoms with Crippen LogP contribution in [0.5, 0.6) is 5.75 Å². The minimum Gasteiger partial charge on any atom is -0.482 e. The van der Waals surface area contributed by atoms with Crippen molar-refractivity contribution >= 4 is 45.3 Å². The van der Waals surface area contributed by atoms with Gasteiger partial charge in [0.05, 0.1) is 16.9 Å². The van der Waals surface area contributed by atoms with Gasteiger partial charge in [0.25, 0.3) is 5.91 Å². The second kappa shape index (κ2) is 9.05. The summed E-state index contributed by atoms with van der Waals surface area (Å²) in [5.41, 5.74) is 4.51. The predicted octanol–water partition coefficient (Wildman–Crippen LogP) is 2.52. The van der Waals surface area contributed by atoms with Crippen LogP contribution >= 0.6 is 27.5 Å². The van der Waals surface area contributed by atoms with Crippen molar-refractivity contribution in [1.29, 1.82) is 0 Å². The molecule has 0 spiro atoms. The normalized spacial score (nSPS) is 19.8. The van der Waals surface area contributed by atoms with Crippen molar-refractivity contribution < 1.29 is 24.2 Å². The van der Waals surface area contributed by atoms with Gasteiger partial charge < -0.3 is 9.84 Å². The fraction of sp³-hybridized carbons (Fsp3) is 0.438. The number of carbonyl (C=O) groups excluding carboxylic acids is 2. The quantitative estimate of drug-likeness (QED) is 0.619. The summed E-state index contributed by atoms with van der Waals surface area (Å²) in [6.45, 7) is -0.339. The molecule has 25 heavy (non-hydrogen) atoms. The fourth-order valence-electron chi connectivity index (χ4n) is 2.74. The standard InChI is InChI=1S/C16H18BrClN2O5/c17-9-5-6-13(12(18)7-9)25-8-14(21)19-20-15(22)10-3-1-2-4-11(10)16(23)24/h5-7,10-11H,1-4,8H2,(H,19,21)(H,20,22)(H,23,24). The van der Waals surface area contributed by atoms with Crippen molar-refractivity contribution in [3.05, 3.63) is 27.7 Å². The first-order chi connectivity index (χ1) is 11.9. The molecule has 0 bridgehead atoms. The summed E-state index contributed by atoms with van der Waals surface area (Å²) < 4.78 is 6.06. The van der Waals surface area contributed by atoms with Crippen LogP contribution in [0.2, 0.25) is 5.02 Å². The molecule has 2 amide bonds. The van der Waals surface area contributed by atoms with Gasteiger partial charge in [0.1, 0.15) is 5.75 Å². The molecule has 0 radical (unpaired) electrons. The number of halogens is 2. The molecule has 2 rings (SSSR count). The third-order valence-corrected chi connectivity index (χ3v) is 4.79. The highest BCUT2D eigenvalue weighted by molar-refractivity contribution is 9.10. The van der Waals surface area contributed by atoms with Gasteiger partial charge in [0, 0.05) is 4.47 Å². The molecule has 1 aromatic carbocycles. The molecule has 1 aromatic rings. The van der Waals surface area contributed by atoms with Crippen molar-refractivity contribution in [2.24, 2.45) is 11.8 Å². The second-order valence-electron chi connectivity index (χ2n) is 5.74. The number of carboxylic acids is 1. The largest absolute Gasteiger partial charge is 0.482 e. The van der Waals surface area contributed by atoms with E-state index in [0.717, 1.165) is 17.3 Å². The highest BCUT2D eigenvalue weighted by Crippen LogP contribution is 2.30. The van der Waals surface area contributed by atoms with E-state index in [2.05, 4.69) is 26.8 Å². The van der Waals surface area contributed by atoms with Crippen LogP contribution < -0.4 is 15.6 Å². The second-order valence-corrected chi connectivity index (χ2v) is 7.06. The maximum atomic E-state index is 12.1. The Balaban J connectivity index is 1.80. The van der Waals surface area contributed by atoms with Crippen molar-refractivity contribution in [2.45, 2.75) is 25.7 Å². The van der Waals surface area contributed by atoms with Gasteiger partial charge in [-0.25, -0.2) is 0 Å². The van der Waals surface area contributed by atoms with Gasteiger partial charge in [0.15, 0.2) is 6.61 Å². The summed E-state index contributed by atoms with van der Waals surface area (Å²) >= 11 is 9.24. The van der Waals surface area contributed by atoms with E-state index < -0.39 is 29.6 Å². The van der Waals surface area contributed by atoms with Crippen molar-refractivity contribution in [3.8, 4) is 5.75 Å². The summed E-state index contributed by atoms with van der Waals surface area (Å²) in [7, 11) is 0. The van der Waals surface area contributed by atoms with Crippen LogP contribution in [0.25, 0.3) is 0 Å². The van der Waals surface area contributed by atoms with Gasteiger partial charge in [-0.2, -0.15) is 0 Å². The number of carbonyl (C=O) groups is 3. The number of benzene rings is 1. The van der Waals surface area contributed by atoms with Gasteiger partial charge >= 0.3 is 5.97 Å². The first-order valence-electron chi connectivity index (χ1n) is 7.78. The molecule has 2 unspecified atom stereocenters. The number of amides is 2. The smallest absolute Gasteiger partial charge is 0.307 e. The fourth-order valence-corrected chi connectivity index (χ4v) is 3.46. The number of nitrogens with one attached hydrogen (secondary N) is 2. The lowest BCUT2D eigenvalue weighted by atomic mass is 9.79. The zero-order valence-electron chi connectivity index (χ0n) is 13.3. The molecular formula is C16H18BrClN2O5. The zero-order chi connectivity index (χ0) is 18.4. The lowest BCUT2D eigenvalue weighted by Crippen LogP contribution is -2.49. The monoisotopic (exact) mass is 432 g/mol. The average molecular weight is 434 g/mol. The summed E-state index contributed by atoms with van der Waals surface area (Å²) in [6, 6.07) is 4.96. The Morgan fingerprint density at radius 3 is 2.52 bits per heavy atom. The molecule has 0 heterocycles. The number of carboxylic acid groups (broad SMARTS) is 1. The van der Waals surface area contributed by atoms with E-state index in [9.17, 15) is 19.5 Å². The molecule has 1 aliphatic carbocycles. The summed E-state index contributed by atoms with van der Waals surface area (Å²) in [5, 5.41) is 9.53. The Hall–Kier alpha value is -1.80. The summed E-state index contributed by atoms with van der Waals surface area (Å²) in [6.07, 6.45) is 2.53. The number of hydrazine groups is 1. The zero-order valence-corrected chi connectivity index (χ0v) is 15.6. The first-order valence-corrected chi connectivity index (χ1v) is 8.95. The lowest BCUT2D eigenvalue weighted by Gasteiger charge is -2.27. The van der Waals surface area contributed by atoms with Crippen LogP contribution in [-0.4, -0.2) is 29.5 Å². The Labute approximate surface area is 158 Å². The predicted molar refractivity (Wildman–Crippen MR) is 94.0 cm³/mol. The molecule has 3 N–H and O–H groups in total. The molecule has 136 valence electrons. The van der Waals surface area contributed by atoms with Crippen LogP contribution in [0.4, 0.5) is 0 Å². The minimum atomic E-state index is -0.987. The molecule has 1 aliphatic rings. The average Bonchev–Trinajstić information content (AvgIpc) is 2.58. The number of hydrogen-bond acceptors (Lipinski definition) is 4. The molecule has 2 atom stereocenters. The number of aliphatic carboxylic acids is 1. The minimum absolute atomic E-state index is 0.338. The van der Waals surface area contributed by atoms with Crippen molar-refractivity contribution in [2.75, 3.05) is 6.61 Å². The van der Waals surface area contributed by atoms with E-state index in [-0.39, 0.29) is 6.61 Å². The molecule has 0 saturated heterocycles. The number of rotatable bonds is 5. The van der Waals surface area contributed by atoms with Crippen LogP contribution in [0.1, 0.15) is 25.7 Å². The van der Waals surface area contributed by atoms with E-state index in [4.69, 9.17) is 16.3 Å². The lowest BCUT2D eigenvalue weighted by molar-refractivity contribution is -0.149. The topological polar surface area (TPSA) is 105 Å². The Morgan fingerprint density at radius 1 is 1.20 bits per heavy atom. The third-order valence-electron chi connectivity index (χ3n) is 4.00. The molecule has 9 heteroatoms. The van der Waals surface area contributed by atoms with Gasteiger partial charge in [-0.3, -0.25) is 25.2 Å². The van der Waals surface area contributed by atoms with E-state index in [1.54, 1.807) is 18.2 Å². The molecule has 7 nitrogen and oxygen atoms in total. The van der Waals surface area contributed by atoms with E-state index in [0.29, 0.717) is 23.6 Å². The third kappa shape index (κ3) is 5.61. The first kappa shape index (κ1) is 19.5. The maximum absolute atomic E-state index is 12.1. The molecular weight excluding hydrogens is 416 g/mol. The summed E-state index contributed by atoms with van der Waals surface area (Å²) in [5.74, 6) is -3.09. The van der Waals surface area contributed by atoms with E-state index in [1.807, 2.05) is 0 Å². The summed E-state index contributed by atoms with van der Waals surface area (Å²) in [4.78, 5) is 35.1. The van der Waals surface area contributed by atoms with Gasteiger partial charge in [-0.15, -0.1) is 0 Å². The number of ether oxygens (including phenoxy) is 1. The van der Waals surface area contributed by atoms with Gasteiger partial charge in [-0.1, -0.05) is 40.4 Å². The Kier molecular flexibility index (Phi) is 7.07. The molecule has 1 saturated carbocycles. The SMILES string of the molecule is O=C(COc1ccc(Br)cc1Cl)NNC(=O)C1CCCCC1C(=O)O. The van der Waals surface area contributed by atoms with Crippen LogP contribution in [0, 0.1) is 11.8 Å². The van der Waals surface area contributed by atoms with Crippen molar-refractivity contribution in [3.63, 3.8) is 0 Å². The van der Waals surface area contributed by atoms with Crippen LogP contribution in [0.3, 0.4) is 0 Å². The Bertz CT molecular complexity index is 670. The molecule has 0 aromatic heterocycles. The highest BCUT2D eigenvalue weighted by atomic mass is 79.9. The maximum Gasteiger partial charge on any atom is 0.307 e. The van der Waals surface area contributed by atoms with E-state index >= 15 is 0 Å². The van der Waals surface area contributed by atoms with Crippen LogP contribution in [0.15, 0.2) is 22.7 Å². The Morgan fingerprint density at radius 2 is 1.88 bits per heavy atom. The van der Waals surface area contributed by atoms with Gasteiger partial charge in [-0.05, 0) is 31.0 Å². The van der Waals surface area contributed by atoms with Crippen molar-refractivity contribution in [1.82, 2.24) is 10.9 Å². The van der Waals surface area contributed by atoms with E-state index in [1.165, 1.54) is 0 Å². The number of hydrogen-bond donors (Lipinski definition) is 3. The van der Waals surface area contributed by atoms with Crippen LogP contribution in [-0.2, 0) is 14.4 Å².